The van der Waals surface area contributed by atoms with Crippen molar-refractivity contribution >= 4 is 17.9 Å². The molecule has 0 fully saturated rings. The van der Waals surface area contributed by atoms with Crippen LogP contribution in [0.15, 0.2) is 24.3 Å². The van der Waals surface area contributed by atoms with Crippen molar-refractivity contribution in [2.45, 2.75) is 380 Å². The molecule has 0 heterocycles. The summed E-state index contributed by atoms with van der Waals surface area (Å²) in [6, 6.07) is 0. The van der Waals surface area contributed by atoms with Gasteiger partial charge in [0.2, 0.25) is 0 Å². The van der Waals surface area contributed by atoms with Crippen LogP contribution in [0.3, 0.4) is 0 Å². The molecule has 0 amide bonds. The van der Waals surface area contributed by atoms with Crippen molar-refractivity contribution in [3.63, 3.8) is 0 Å². The number of allylic oxidation sites excluding steroid dienone is 4. The zero-order valence-corrected chi connectivity index (χ0v) is 50.1. The molecular weight excluding hydrogens is 913 g/mol. The number of rotatable bonds is 62. The molecule has 6 nitrogen and oxygen atoms in total. The Bertz CT molecular complexity index is 1190. The smallest absolute Gasteiger partial charge is 0.306 e. The molecule has 6 heteroatoms. The second-order valence-electron chi connectivity index (χ2n) is 22.7. The standard InChI is InChI=1S/C68H128O6/c1-4-7-10-13-16-19-22-24-26-28-30-32-34-36-37-39-41-43-46-49-52-55-58-61-67(70)73-64-65(63-72-66(69)60-57-54-51-48-45-21-18-15-12-9-6-3)74-68(71)62-59-56-53-50-47-44-42-40-38-35-33-31-29-27-25-23-20-17-14-11-8-5-2/h15,18,28,30,65H,4-14,16-17,19-27,29,31-64H2,1-3H3/b18-15-,30-28-. The van der Waals surface area contributed by atoms with Crippen LogP contribution in [-0.4, -0.2) is 37.2 Å². The molecule has 0 radical (unpaired) electrons. The molecule has 0 aromatic carbocycles. The van der Waals surface area contributed by atoms with E-state index < -0.39 is 6.10 Å². The number of hydrogen-bond acceptors (Lipinski definition) is 6. The second kappa shape index (κ2) is 63.4. The fraction of sp³-hybridized carbons (Fsp3) is 0.897. The van der Waals surface area contributed by atoms with Crippen molar-refractivity contribution in [3.05, 3.63) is 24.3 Å². The first kappa shape index (κ1) is 71.9. The van der Waals surface area contributed by atoms with Gasteiger partial charge in [0.25, 0.3) is 0 Å². The summed E-state index contributed by atoms with van der Waals surface area (Å²) in [4.78, 5) is 38.3. The van der Waals surface area contributed by atoms with E-state index in [1.54, 1.807) is 0 Å². The number of ether oxygens (including phenoxy) is 3. The third-order valence-corrected chi connectivity index (χ3v) is 15.2. The average Bonchev–Trinajstić information content (AvgIpc) is 3.40. The Labute approximate surface area is 462 Å². The maximum Gasteiger partial charge on any atom is 0.306 e. The van der Waals surface area contributed by atoms with Crippen LogP contribution in [-0.2, 0) is 28.6 Å². The summed E-state index contributed by atoms with van der Waals surface area (Å²) in [6.07, 6.45) is 76.3. The van der Waals surface area contributed by atoms with E-state index in [9.17, 15) is 14.4 Å². The van der Waals surface area contributed by atoms with Gasteiger partial charge >= 0.3 is 17.9 Å². The molecule has 1 unspecified atom stereocenters. The van der Waals surface area contributed by atoms with Crippen LogP contribution >= 0.6 is 0 Å². The lowest BCUT2D eigenvalue weighted by Crippen LogP contribution is -2.30. The zero-order valence-electron chi connectivity index (χ0n) is 50.1. The first-order chi connectivity index (χ1) is 36.5. The third-order valence-electron chi connectivity index (χ3n) is 15.2. The minimum Gasteiger partial charge on any atom is -0.462 e. The molecule has 0 rings (SSSR count). The van der Waals surface area contributed by atoms with Gasteiger partial charge in [-0.3, -0.25) is 14.4 Å². The molecule has 0 bridgehead atoms. The highest BCUT2D eigenvalue weighted by molar-refractivity contribution is 5.71. The highest BCUT2D eigenvalue weighted by Gasteiger charge is 2.19. The summed E-state index contributed by atoms with van der Waals surface area (Å²) in [7, 11) is 0. The molecule has 0 N–H and O–H groups in total. The molecule has 436 valence electrons. The molecule has 0 aliphatic carbocycles. The van der Waals surface area contributed by atoms with Crippen LogP contribution < -0.4 is 0 Å². The van der Waals surface area contributed by atoms with Crippen LogP contribution in [0.1, 0.15) is 374 Å². The van der Waals surface area contributed by atoms with Crippen molar-refractivity contribution < 1.29 is 28.6 Å². The minimum absolute atomic E-state index is 0.0693. The van der Waals surface area contributed by atoms with Gasteiger partial charge in [-0.05, 0) is 64.2 Å². The Morgan fingerprint density at radius 3 is 0.716 bits per heavy atom. The topological polar surface area (TPSA) is 78.9 Å². The summed E-state index contributed by atoms with van der Waals surface area (Å²) in [5.41, 5.74) is 0. The Morgan fingerprint density at radius 1 is 0.257 bits per heavy atom. The summed E-state index contributed by atoms with van der Waals surface area (Å²) in [6.45, 7) is 6.66. The molecule has 0 saturated carbocycles. The van der Waals surface area contributed by atoms with Gasteiger partial charge in [0.1, 0.15) is 13.2 Å². The number of unbranched alkanes of at least 4 members (excludes halogenated alkanes) is 47. The predicted molar refractivity (Wildman–Crippen MR) is 321 cm³/mol. The monoisotopic (exact) mass is 1040 g/mol. The van der Waals surface area contributed by atoms with E-state index in [1.807, 2.05) is 0 Å². The minimum atomic E-state index is -0.772. The largest absolute Gasteiger partial charge is 0.462 e. The van der Waals surface area contributed by atoms with E-state index >= 15 is 0 Å². The zero-order chi connectivity index (χ0) is 53.6. The van der Waals surface area contributed by atoms with Crippen molar-refractivity contribution in [2.24, 2.45) is 0 Å². The van der Waals surface area contributed by atoms with Gasteiger partial charge in [-0.25, -0.2) is 0 Å². The van der Waals surface area contributed by atoms with E-state index in [0.29, 0.717) is 19.3 Å². The van der Waals surface area contributed by atoms with Crippen molar-refractivity contribution in [1.82, 2.24) is 0 Å². The van der Waals surface area contributed by atoms with Crippen LogP contribution in [0, 0.1) is 0 Å². The Hall–Kier alpha value is -2.11. The predicted octanol–water partition coefficient (Wildman–Crippen LogP) is 22.6. The highest BCUT2D eigenvalue weighted by Crippen LogP contribution is 2.18. The van der Waals surface area contributed by atoms with E-state index in [1.165, 1.54) is 270 Å². The molecule has 74 heavy (non-hydrogen) atoms. The summed E-state index contributed by atoms with van der Waals surface area (Å²) in [5.74, 6) is -0.853. The fourth-order valence-electron chi connectivity index (χ4n) is 10.1. The average molecular weight is 1040 g/mol. The molecule has 0 aliphatic rings. The summed E-state index contributed by atoms with van der Waals surface area (Å²) >= 11 is 0. The first-order valence-corrected chi connectivity index (χ1v) is 33.3. The number of carbonyl (C=O) groups excluding carboxylic acids is 3. The van der Waals surface area contributed by atoms with Gasteiger partial charge in [0.05, 0.1) is 0 Å². The van der Waals surface area contributed by atoms with Gasteiger partial charge in [-0.15, -0.1) is 0 Å². The van der Waals surface area contributed by atoms with Crippen LogP contribution in [0.4, 0.5) is 0 Å². The molecular formula is C68H128O6. The van der Waals surface area contributed by atoms with Gasteiger partial charge in [-0.1, -0.05) is 315 Å². The fourth-order valence-corrected chi connectivity index (χ4v) is 10.1. The van der Waals surface area contributed by atoms with Crippen molar-refractivity contribution in [3.8, 4) is 0 Å². The van der Waals surface area contributed by atoms with E-state index in [4.69, 9.17) is 14.2 Å². The van der Waals surface area contributed by atoms with Crippen molar-refractivity contribution in [1.29, 1.82) is 0 Å². The Morgan fingerprint density at radius 2 is 0.459 bits per heavy atom. The molecule has 0 spiro atoms. The van der Waals surface area contributed by atoms with Gasteiger partial charge in [0, 0.05) is 19.3 Å². The van der Waals surface area contributed by atoms with Crippen LogP contribution in [0.5, 0.6) is 0 Å². The maximum atomic E-state index is 12.9. The second-order valence-corrected chi connectivity index (χ2v) is 22.7. The van der Waals surface area contributed by atoms with Crippen LogP contribution in [0.2, 0.25) is 0 Å². The Kier molecular flexibility index (Phi) is 61.6. The lowest BCUT2D eigenvalue weighted by Gasteiger charge is -2.18. The van der Waals surface area contributed by atoms with Gasteiger partial charge in [0.15, 0.2) is 6.10 Å². The van der Waals surface area contributed by atoms with Gasteiger partial charge < -0.3 is 14.2 Å². The number of esters is 3. The number of hydrogen-bond donors (Lipinski definition) is 0. The quantitative estimate of drug-likeness (QED) is 0.0261. The SMILES string of the molecule is CCCC/C=C\CCCCCCCC(=O)OCC(COC(=O)CCCCCCCCCCCCC/C=C\CCCCCCCCCC)OC(=O)CCCCCCCCCCCCCCCCCCCCCCCC. The summed E-state index contributed by atoms with van der Waals surface area (Å²) < 4.78 is 16.9. The lowest BCUT2D eigenvalue weighted by molar-refractivity contribution is -0.167. The van der Waals surface area contributed by atoms with Crippen LogP contribution in [0.25, 0.3) is 0 Å². The lowest BCUT2D eigenvalue weighted by atomic mass is 10.0. The molecule has 0 aliphatic heterocycles. The summed E-state index contributed by atoms with van der Waals surface area (Å²) in [5, 5.41) is 0. The number of carbonyl (C=O) groups is 3. The Balaban J connectivity index is 4.20. The molecule has 0 aromatic heterocycles. The highest BCUT2D eigenvalue weighted by atomic mass is 16.6. The molecule has 0 aromatic rings. The normalized spacial score (nSPS) is 12.1. The first-order valence-electron chi connectivity index (χ1n) is 33.3. The van der Waals surface area contributed by atoms with E-state index in [-0.39, 0.29) is 31.1 Å². The molecule has 1 atom stereocenters. The molecule has 0 saturated heterocycles. The van der Waals surface area contributed by atoms with E-state index in [2.05, 4.69) is 45.1 Å². The van der Waals surface area contributed by atoms with Gasteiger partial charge in [-0.2, -0.15) is 0 Å². The van der Waals surface area contributed by atoms with E-state index in [0.717, 1.165) is 64.2 Å². The third kappa shape index (κ3) is 60.8. The maximum absolute atomic E-state index is 12.9. The van der Waals surface area contributed by atoms with Crippen molar-refractivity contribution in [2.75, 3.05) is 13.2 Å².